The molecular formula is C18H29N3O2. The molecule has 5 heteroatoms. The minimum absolute atomic E-state index is 0.0618. The number of rotatable bonds is 7. The average Bonchev–Trinajstić information content (AvgIpc) is 2.43. The SMILES string of the molecule is Cc1cccc(NC(=O)CN(C)CC(=O)N[C@H](C)C(C)C)c1C. The van der Waals surface area contributed by atoms with Crippen LogP contribution in [0, 0.1) is 19.8 Å². The highest BCUT2D eigenvalue weighted by molar-refractivity contribution is 5.93. The first-order chi connectivity index (χ1) is 10.7. The number of carbonyl (C=O) groups excluding carboxylic acids is 2. The maximum Gasteiger partial charge on any atom is 0.238 e. The number of aryl methyl sites for hydroxylation is 1. The molecule has 2 amide bonds. The third-order valence-corrected chi connectivity index (χ3v) is 4.09. The summed E-state index contributed by atoms with van der Waals surface area (Å²) in [5.74, 6) is 0.205. The van der Waals surface area contributed by atoms with Crippen LogP contribution in [0.3, 0.4) is 0 Å². The fraction of sp³-hybridized carbons (Fsp3) is 0.556. The van der Waals surface area contributed by atoms with Crippen LogP contribution < -0.4 is 10.6 Å². The molecule has 0 saturated heterocycles. The molecule has 128 valence electrons. The number of anilines is 1. The molecule has 0 fully saturated rings. The van der Waals surface area contributed by atoms with E-state index in [4.69, 9.17) is 0 Å². The van der Waals surface area contributed by atoms with E-state index >= 15 is 0 Å². The second-order valence-electron chi connectivity index (χ2n) is 6.57. The Labute approximate surface area is 139 Å². The fourth-order valence-corrected chi connectivity index (χ4v) is 2.09. The molecule has 0 aliphatic heterocycles. The van der Waals surface area contributed by atoms with E-state index in [-0.39, 0.29) is 30.9 Å². The third-order valence-electron chi connectivity index (χ3n) is 4.09. The van der Waals surface area contributed by atoms with Crippen molar-refractivity contribution in [2.24, 2.45) is 5.92 Å². The normalized spacial score (nSPS) is 12.3. The molecule has 1 atom stereocenters. The van der Waals surface area contributed by atoms with Crippen molar-refractivity contribution in [3.63, 3.8) is 0 Å². The number of amides is 2. The highest BCUT2D eigenvalue weighted by atomic mass is 16.2. The van der Waals surface area contributed by atoms with E-state index in [1.165, 1.54) is 0 Å². The van der Waals surface area contributed by atoms with Crippen LogP contribution in [0.25, 0.3) is 0 Å². The highest BCUT2D eigenvalue weighted by Gasteiger charge is 2.14. The maximum atomic E-state index is 12.1. The second-order valence-corrected chi connectivity index (χ2v) is 6.57. The van der Waals surface area contributed by atoms with Crippen molar-refractivity contribution in [1.29, 1.82) is 0 Å². The van der Waals surface area contributed by atoms with Crippen molar-refractivity contribution in [2.75, 3.05) is 25.5 Å². The van der Waals surface area contributed by atoms with E-state index in [2.05, 4.69) is 24.5 Å². The molecule has 0 spiro atoms. The molecule has 0 bridgehead atoms. The van der Waals surface area contributed by atoms with E-state index in [0.717, 1.165) is 16.8 Å². The van der Waals surface area contributed by atoms with E-state index < -0.39 is 0 Å². The van der Waals surface area contributed by atoms with Crippen molar-refractivity contribution >= 4 is 17.5 Å². The van der Waals surface area contributed by atoms with Gasteiger partial charge in [-0.25, -0.2) is 0 Å². The van der Waals surface area contributed by atoms with Gasteiger partial charge in [-0.1, -0.05) is 26.0 Å². The molecule has 0 saturated carbocycles. The quantitative estimate of drug-likeness (QED) is 0.811. The lowest BCUT2D eigenvalue weighted by Gasteiger charge is -2.21. The zero-order chi connectivity index (χ0) is 17.6. The van der Waals surface area contributed by atoms with Crippen molar-refractivity contribution in [1.82, 2.24) is 10.2 Å². The maximum absolute atomic E-state index is 12.1. The lowest BCUT2D eigenvalue weighted by atomic mass is 10.1. The molecule has 0 aromatic heterocycles. The topological polar surface area (TPSA) is 61.4 Å². The Hall–Kier alpha value is -1.88. The molecule has 1 aromatic carbocycles. The Kier molecular flexibility index (Phi) is 7.23. The first kappa shape index (κ1) is 19.2. The lowest BCUT2D eigenvalue weighted by Crippen LogP contribution is -2.43. The number of nitrogens with zero attached hydrogens (tertiary/aromatic N) is 1. The molecule has 1 rings (SSSR count). The van der Waals surface area contributed by atoms with Crippen molar-refractivity contribution in [3.8, 4) is 0 Å². The van der Waals surface area contributed by atoms with Crippen molar-refractivity contribution < 1.29 is 9.59 Å². The number of benzene rings is 1. The van der Waals surface area contributed by atoms with Crippen molar-refractivity contribution in [2.45, 2.75) is 40.7 Å². The van der Waals surface area contributed by atoms with Gasteiger partial charge in [0, 0.05) is 11.7 Å². The van der Waals surface area contributed by atoms with Crippen LogP contribution in [0.5, 0.6) is 0 Å². The van der Waals surface area contributed by atoms with Gasteiger partial charge in [0.1, 0.15) is 0 Å². The van der Waals surface area contributed by atoms with Crippen LogP contribution in [0.15, 0.2) is 18.2 Å². The van der Waals surface area contributed by atoms with Gasteiger partial charge in [-0.2, -0.15) is 0 Å². The van der Waals surface area contributed by atoms with E-state index in [0.29, 0.717) is 5.92 Å². The Bertz CT molecular complexity index is 555. The lowest BCUT2D eigenvalue weighted by molar-refractivity contribution is -0.123. The molecule has 23 heavy (non-hydrogen) atoms. The molecule has 0 aliphatic rings. The summed E-state index contributed by atoms with van der Waals surface area (Å²) in [6, 6.07) is 5.94. The van der Waals surface area contributed by atoms with Crippen molar-refractivity contribution in [3.05, 3.63) is 29.3 Å². The van der Waals surface area contributed by atoms with Gasteiger partial charge in [-0.3, -0.25) is 14.5 Å². The highest BCUT2D eigenvalue weighted by Crippen LogP contribution is 2.17. The van der Waals surface area contributed by atoms with Gasteiger partial charge in [-0.05, 0) is 50.9 Å². The van der Waals surface area contributed by atoms with E-state index in [1.807, 2.05) is 39.0 Å². The van der Waals surface area contributed by atoms with Gasteiger partial charge in [0.05, 0.1) is 13.1 Å². The molecule has 2 N–H and O–H groups in total. The molecule has 0 heterocycles. The number of hydrogen-bond donors (Lipinski definition) is 2. The predicted molar refractivity (Wildman–Crippen MR) is 94.5 cm³/mol. The van der Waals surface area contributed by atoms with Crippen LogP contribution >= 0.6 is 0 Å². The number of hydrogen-bond acceptors (Lipinski definition) is 3. The average molecular weight is 319 g/mol. The predicted octanol–water partition coefficient (Wildman–Crippen LogP) is 2.33. The van der Waals surface area contributed by atoms with Gasteiger partial charge >= 0.3 is 0 Å². The standard InChI is InChI=1S/C18H29N3O2/c1-12(2)15(5)19-17(22)10-21(6)11-18(23)20-16-9-7-8-13(3)14(16)4/h7-9,12,15H,10-11H2,1-6H3,(H,19,22)(H,20,23)/t15-/m1/s1. The van der Waals surface area contributed by atoms with Gasteiger partial charge in [0.2, 0.25) is 11.8 Å². The van der Waals surface area contributed by atoms with Gasteiger partial charge < -0.3 is 10.6 Å². The van der Waals surface area contributed by atoms with Gasteiger partial charge in [0.15, 0.2) is 0 Å². The first-order valence-corrected chi connectivity index (χ1v) is 8.04. The van der Waals surface area contributed by atoms with Gasteiger partial charge in [0.25, 0.3) is 0 Å². The zero-order valence-electron chi connectivity index (χ0n) is 15.1. The smallest absolute Gasteiger partial charge is 0.238 e. The van der Waals surface area contributed by atoms with E-state index in [1.54, 1.807) is 11.9 Å². The summed E-state index contributed by atoms with van der Waals surface area (Å²) in [4.78, 5) is 25.7. The summed E-state index contributed by atoms with van der Waals surface area (Å²) in [6.45, 7) is 10.5. The Morgan fingerprint density at radius 3 is 2.30 bits per heavy atom. The minimum Gasteiger partial charge on any atom is -0.352 e. The summed E-state index contributed by atoms with van der Waals surface area (Å²) < 4.78 is 0. The number of nitrogens with one attached hydrogen (secondary N) is 2. The molecule has 1 aromatic rings. The van der Waals surface area contributed by atoms with E-state index in [9.17, 15) is 9.59 Å². The monoisotopic (exact) mass is 319 g/mol. The van der Waals surface area contributed by atoms with Crippen LogP contribution in [0.2, 0.25) is 0 Å². The largest absolute Gasteiger partial charge is 0.352 e. The Morgan fingerprint density at radius 2 is 1.70 bits per heavy atom. The fourth-order valence-electron chi connectivity index (χ4n) is 2.09. The van der Waals surface area contributed by atoms with Crippen LogP contribution in [0.4, 0.5) is 5.69 Å². The van der Waals surface area contributed by atoms with Crippen LogP contribution in [-0.2, 0) is 9.59 Å². The van der Waals surface area contributed by atoms with Crippen LogP contribution in [-0.4, -0.2) is 42.9 Å². The summed E-state index contributed by atoms with van der Waals surface area (Å²) in [5, 5.41) is 5.84. The molecule has 0 unspecified atom stereocenters. The summed E-state index contributed by atoms with van der Waals surface area (Å²) in [7, 11) is 1.77. The second kappa shape index (κ2) is 8.67. The zero-order valence-corrected chi connectivity index (χ0v) is 15.1. The molecule has 0 aliphatic carbocycles. The number of carbonyl (C=O) groups is 2. The van der Waals surface area contributed by atoms with Gasteiger partial charge in [-0.15, -0.1) is 0 Å². The molecule has 5 nitrogen and oxygen atoms in total. The minimum atomic E-state index is -0.120. The Morgan fingerprint density at radius 1 is 1.09 bits per heavy atom. The summed E-state index contributed by atoms with van der Waals surface area (Å²) in [6.07, 6.45) is 0. The molecule has 0 radical (unpaired) electrons. The Balaban J connectivity index is 2.47. The summed E-state index contributed by atoms with van der Waals surface area (Å²) >= 11 is 0. The first-order valence-electron chi connectivity index (χ1n) is 8.04. The third kappa shape index (κ3) is 6.40. The number of likely N-dealkylation sites (N-methyl/N-ethyl adjacent to an activating group) is 1. The van der Waals surface area contributed by atoms with Crippen LogP contribution in [0.1, 0.15) is 31.9 Å². The summed E-state index contributed by atoms with van der Waals surface area (Å²) in [5.41, 5.74) is 3.02. The molecular weight excluding hydrogens is 290 g/mol.